The van der Waals surface area contributed by atoms with Crippen LogP contribution in [0.2, 0.25) is 10.0 Å². The number of amidine groups is 1. The van der Waals surface area contributed by atoms with Gasteiger partial charge in [-0.15, -0.1) is 0 Å². The average Bonchev–Trinajstić information content (AvgIpc) is 2.93. The van der Waals surface area contributed by atoms with Gasteiger partial charge in [-0.25, -0.2) is 18.0 Å². The molecular formula is C30H26Cl2F3N3O7S. The van der Waals surface area contributed by atoms with Crippen LogP contribution in [0, 0.1) is 5.41 Å². The third kappa shape index (κ3) is 9.73. The van der Waals surface area contributed by atoms with Crippen LogP contribution in [0.1, 0.15) is 36.7 Å². The number of carbonyl (C=O) groups is 2. The molecule has 0 bridgehead atoms. The first-order valence-electron chi connectivity index (χ1n) is 12.9. The Hall–Kier alpha value is -4.53. The second kappa shape index (κ2) is 13.8. The summed E-state index contributed by atoms with van der Waals surface area (Å²) in [5.41, 5.74) is 5.51. The van der Waals surface area contributed by atoms with Crippen molar-refractivity contribution in [2.75, 3.05) is 4.72 Å². The molecule has 244 valence electrons. The van der Waals surface area contributed by atoms with Crippen molar-refractivity contribution in [3.8, 4) is 11.5 Å². The van der Waals surface area contributed by atoms with E-state index in [9.17, 15) is 26.4 Å². The number of carbonyl (C=O) groups excluding carboxylic acids is 1. The van der Waals surface area contributed by atoms with Crippen LogP contribution in [0.5, 0.6) is 11.5 Å². The quantitative estimate of drug-likeness (QED) is 0.0868. The lowest BCUT2D eigenvalue weighted by molar-refractivity contribution is -0.192. The predicted molar refractivity (Wildman–Crippen MR) is 168 cm³/mol. The van der Waals surface area contributed by atoms with Gasteiger partial charge in [-0.2, -0.15) is 13.2 Å². The zero-order valence-corrected chi connectivity index (χ0v) is 26.5. The number of alkyl halides is 3. The minimum Gasteiger partial charge on any atom is -0.475 e. The number of halogens is 5. The number of carboxylic acid groups (broad SMARTS) is 1. The molecule has 0 unspecified atom stereocenters. The minimum atomic E-state index is -5.08. The molecule has 0 spiro atoms. The molecule has 0 atom stereocenters. The predicted octanol–water partition coefficient (Wildman–Crippen LogP) is 7.61. The van der Waals surface area contributed by atoms with Gasteiger partial charge in [0, 0.05) is 11.3 Å². The van der Waals surface area contributed by atoms with E-state index in [4.69, 9.17) is 53.7 Å². The van der Waals surface area contributed by atoms with Crippen LogP contribution < -0.4 is 15.2 Å². The van der Waals surface area contributed by atoms with Gasteiger partial charge in [0.1, 0.15) is 28.5 Å². The standard InChI is InChI=1S/C28H25Cl2N3O5S.C2HF3O2/c1-28(2,3)38-27(34)22-14-19(33-39(35,36)21-9-10-23(29)24(30)15-21)7-11-25(22)37-20-8-6-16-12-18(26(31)32)5-4-17(16)13-20;3-2(4,5)1(6)7/h4-15,33H,1-3H3,(H3,31,32);(H,6,7). The molecule has 0 aliphatic carbocycles. The zero-order valence-electron chi connectivity index (χ0n) is 24.2. The number of nitrogens with two attached hydrogens (primary N) is 1. The summed E-state index contributed by atoms with van der Waals surface area (Å²) in [7, 11) is -4.05. The lowest BCUT2D eigenvalue weighted by Crippen LogP contribution is -2.24. The Morgan fingerprint density at radius 2 is 1.50 bits per heavy atom. The van der Waals surface area contributed by atoms with Crippen molar-refractivity contribution < 1.29 is 45.8 Å². The highest BCUT2D eigenvalue weighted by Crippen LogP contribution is 2.33. The number of nitrogens with one attached hydrogen (secondary N) is 2. The lowest BCUT2D eigenvalue weighted by Gasteiger charge is -2.21. The van der Waals surface area contributed by atoms with E-state index in [0.29, 0.717) is 11.3 Å². The number of nitrogen functional groups attached to an aromatic ring is 1. The maximum Gasteiger partial charge on any atom is 0.490 e. The summed E-state index contributed by atoms with van der Waals surface area (Å²) in [4.78, 5) is 21.9. The Morgan fingerprint density at radius 1 is 0.891 bits per heavy atom. The van der Waals surface area contributed by atoms with Crippen molar-refractivity contribution in [3.05, 3.63) is 94.0 Å². The first-order chi connectivity index (χ1) is 21.2. The van der Waals surface area contributed by atoms with Crippen molar-refractivity contribution in [3.63, 3.8) is 0 Å². The van der Waals surface area contributed by atoms with Crippen LogP contribution in [0.25, 0.3) is 10.8 Å². The van der Waals surface area contributed by atoms with Crippen molar-refractivity contribution >= 4 is 67.5 Å². The van der Waals surface area contributed by atoms with Crippen LogP contribution in [0.4, 0.5) is 18.9 Å². The molecule has 0 radical (unpaired) electrons. The molecule has 5 N–H and O–H groups in total. The molecule has 4 aromatic rings. The smallest absolute Gasteiger partial charge is 0.475 e. The van der Waals surface area contributed by atoms with Crippen LogP contribution in [0.3, 0.4) is 0 Å². The number of rotatable bonds is 7. The van der Waals surface area contributed by atoms with E-state index in [2.05, 4.69) is 4.72 Å². The highest BCUT2D eigenvalue weighted by atomic mass is 35.5. The lowest BCUT2D eigenvalue weighted by atomic mass is 10.1. The molecule has 0 heterocycles. The Kier molecular flexibility index (Phi) is 10.8. The molecular weight excluding hydrogens is 674 g/mol. The second-order valence-corrected chi connectivity index (χ2v) is 12.9. The first-order valence-corrected chi connectivity index (χ1v) is 15.1. The van der Waals surface area contributed by atoms with Crippen LogP contribution in [-0.4, -0.2) is 43.1 Å². The van der Waals surface area contributed by atoms with Crippen LogP contribution in [-0.2, 0) is 19.6 Å². The van der Waals surface area contributed by atoms with Gasteiger partial charge in [-0.1, -0.05) is 41.4 Å². The van der Waals surface area contributed by atoms with Crippen LogP contribution in [0.15, 0.2) is 77.7 Å². The third-order valence-electron chi connectivity index (χ3n) is 5.64. The Morgan fingerprint density at radius 3 is 2.07 bits per heavy atom. The molecule has 0 aliphatic heterocycles. The molecule has 0 aromatic heterocycles. The first kappa shape index (κ1) is 35.9. The van der Waals surface area contributed by atoms with Crippen LogP contribution >= 0.6 is 23.2 Å². The number of anilines is 1. The van der Waals surface area contributed by atoms with Gasteiger partial charge < -0.3 is 20.3 Å². The van der Waals surface area contributed by atoms with Gasteiger partial charge in [-0.3, -0.25) is 10.1 Å². The highest BCUT2D eigenvalue weighted by Gasteiger charge is 2.38. The molecule has 46 heavy (non-hydrogen) atoms. The third-order valence-corrected chi connectivity index (χ3v) is 7.76. The van der Waals surface area contributed by atoms with E-state index >= 15 is 0 Å². The Bertz CT molecular complexity index is 1930. The van der Waals surface area contributed by atoms with Gasteiger partial charge in [-0.05, 0) is 86.1 Å². The molecule has 4 aromatic carbocycles. The second-order valence-electron chi connectivity index (χ2n) is 10.4. The van der Waals surface area contributed by atoms with E-state index in [1.165, 1.54) is 36.4 Å². The summed E-state index contributed by atoms with van der Waals surface area (Å²) in [6.07, 6.45) is -5.08. The Labute approximate surface area is 271 Å². The van der Waals surface area contributed by atoms with Gasteiger partial charge in [0.15, 0.2) is 0 Å². The van der Waals surface area contributed by atoms with Crippen molar-refractivity contribution in [2.45, 2.75) is 37.4 Å². The monoisotopic (exact) mass is 699 g/mol. The molecule has 0 saturated carbocycles. The number of hydrogen-bond donors (Lipinski definition) is 4. The molecule has 0 aliphatic rings. The molecule has 4 rings (SSSR count). The van der Waals surface area contributed by atoms with Gasteiger partial charge in [0.25, 0.3) is 10.0 Å². The van der Waals surface area contributed by atoms with Crippen molar-refractivity contribution in [1.29, 1.82) is 5.41 Å². The maximum atomic E-state index is 13.1. The largest absolute Gasteiger partial charge is 0.490 e. The summed E-state index contributed by atoms with van der Waals surface area (Å²) in [6, 6.07) is 18.9. The summed E-state index contributed by atoms with van der Waals surface area (Å²) < 4.78 is 71.7. The topological polar surface area (TPSA) is 169 Å². The maximum absolute atomic E-state index is 13.1. The summed E-state index contributed by atoms with van der Waals surface area (Å²) in [5, 5.41) is 16.7. The average molecular weight is 701 g/mol. The molecule has 0 fully saturated rings. The SMILES string of the molecule is CC(C)(C)OC(=O)c1cc(NS(=O)(=O)c2ccc(Cl)c(Cl)c2)ccc1Oc1ccc2cc(C(=N)N)ccc2c1.O=C(O)C(F)(F)F. The van der Waals surface area contributed by atoms with E-state index in [1.807, 2.05) is 12.1 Å². The van der Waals surface area contributed by atoms with E-state index < -0.39 is 33.7 Å². The van der Waals surface area contributed by atoms with E-state index in [1.54, 1.807) is 45.0 Å². The molecule has 10 nitrogen and oxygen atoms in total. The fourth-order valence-corrected chi connectivity index (χ4v) is 5.05. The van der Waals surface area contributed by atoms with E-state index in [-0.39, 0.29) is 37.8 Å². The summed E-state index contributed by atoms with van der Waals surface area (Å²) in [5.74, 6) is -2.88. The normalized spacial score (nSPS) is 11.7. The van der Waals surface area contributed by atoms with Crippen molar-refractivity contribution in [2.24, 2.45) is 5.73 Å². The van der Waals surface area contributed by atoms with Gasteiger partial charge in [0.2, 0.25) is 0 Å². The highest BCUT2D eigenvalue weighted by molar-refractivity contribution is 7.92. The molecule has 16 heteroatoms. The number of ether oxygens (including phenoxy) is 2. The molecule has 0 saturated heterocycles. The fraction of sp³-hybridized carbons (Fsp3) is 0.167. The van der Waals surface area contributed by atoms with Gasteiger partial charge in [0.05, 0.1) is 14.9 Å². The van der Waals surface area contributed by atoms with Gasteiger partial charge >= 0.3 is 18.1 Å². The van der Waals surface area contributed by atoms with Crippen molar-refractivity contribution in [1.82, 2.24) is 0 Å². The number of hydrogen-bond acceptors (Lipinski definition) is 7. The minimum absolute atomic E-state index is 0.0197. The fourth-order valence-electron chi connectivity index (χ4n) is 3.61. The number of carboxylic acids is 1. The number of fused-ring (bicyclic) bond motifs is 1. The molecule has 0 amide bonds. The summed E-state index contributed by atoms with van der Waals surface area (Å²) in [6.45, 7) is 5.17. The summed E-state index contributed by atoms with van der Waals surface area (Å²) >= 11 is 11.9. The zero-order chi connectivity index (χ0) is 34.6. The number of sulfonamides is 1. The van der Waals surface area contributed by atoms with E-state index in [0.717, 1.165) is 10.8 Å². The number of benzene rings is 4. The Balaban J connectivity index is 0.000000738. The number of aliphatic carboxylic acids is 1. The number of esters is 1.